The molecule has 6 rings (SSSR count). The summed E-state index contributed by atoms with van der Waals surface area (Å²) in [5.74, 6) is -2.40. The second-order valence-electron chi connectivity index (χ2n) is 24.1. The lowest BCUT2D eigenvalue weighted by Crippen LogP contribution is -2.37. The van der Waals surface area contributed by atoms with E-state index in [0.29, 0.717) is 50.8 Å². The zero-order chi connectivity index (χ0) is 57.1. The average Bonchev–Trinajstić information content (AvgIpc) is 4.19. The highest BCUT2D eigenvalue weighted by Gasteiger charge is 2.36. The Morgan fingerprint density at radius 2 is 1.13 bits per heavy atom. The Hall–Kier alpha value is -3.55. The van der Waals surface area contributed by atoms with Crippen LogP contribution in [-0.2, 0) is 84.2 Å². The van der Waals surface area contributed by atoms with Crippen molar-refractivity contribution in [2.75, 3.05) is 99.1 Å². The van der Waals surface area contributed by atoms with E-state index in [9.17, 15) is 9.90 Å². The molecule has 1 aromatic heterocycles. The molecule has 0 spiro atoms. The van der Waals surface area contributed by atoms with Gasteiger partial charge in [0, 0.05) is 6.54 Å². The van der Waals surface area contributed by atoms with Gasteiger partial charge < -0.3 is 76.2 Å². The maximum Gasteiger partial charge on any atom is 0.338 e. The molecule has 6 atom stereocenters. The summed E-state index contributed by atoms with van der Waals surface area (Å²) >= 11 is 0. The minimum Gasteiger partial charge on any atom is -0.462 e. The summed E-state index contributed by atoms with van der Waals surface area (Å²) < 4.78 is 92.4. The zero-order valence-electron chi connectivity index (χ0n) is 49.1. The highest BCUT2D eigenvalue weighted by atomic mass is 16.8. The van der Waals surface area contributed by atoms with Crippen LogP contribution in [0.4, 0.5) is 0 Å². The molecule has 3 aliphatic rings. The number of carbonyl (C=O) groups is 1. The van der Waals surface area contributed by atoms with Gasteiger partial charge in [0.05, 0.1) is 124 Å². The van der Waals surface area contributed by atoms with E-state index in [-0.39, 0.29) is 114 Å². The molecule has 3 aliphatic heterocycles. The van der Waals surface area contributed by atoms with Crippen molar-refractivity contribution in [1.82, 2.24) is 15.0 Å². The summed E-state index contributed by atoms with van der Waals surface area (Å²) in [6.07, 6.45) is 0.255. The van der Waals surface area contributed by atoms with Crippen LogP contribution in [0.1, 0.15) is 112 Å². The standard InChI is InChI=1S/C59H93N3O17/c1-42(2)69-27-47(63)26-65-28-48(29-66-32-51-37-74-57(7,8)77-51)71-35-50(36-72-49(30-67-33-52-38-75-58(9,10)78-52)31-68-34-53-39-76-59(11,12)79-53)70-25-46-24-62(61-60-46)23-22-55(3,4)40-56(5,6)41-73-54(64)45-20-18-44(19-21-45)43-16-14-13-15-17-43/h13-21,24,42,47-53,63H,22-23,25-41H2,1-12H3. The topological polar surface area (TPSA) is 206 Å². The minimum atomic E-state index is -0.821. The van der Waals surface area contributed by atoms with Crippen molar-refractivity contribution < 1.29 is 81.0 Å². The Balaban J connectivity index is 1.06. The summed E-state index contributed by atoms with van der Waals surface area (Å²) in [5, 5.41) is 19.5. The molecule has 6 unspecified atom stereocenters. The summed E-state index contributed by atoms with van der Waals surface area (Å²) in [6.45, 7) is 28.0. The van der Waals surface area contributed by atoms with E-state index in [2.05, 4.69) is 38.0 Å². The van der Waals surface area contributed by atoms with E-state index >= 15 is 0 Å². The Morgan fingerprint density at radius 1 is 0.633 bits per heavy atom. The number of carbonyl (C=O) groups excluding carboxylic acids is 1. The van der Waals surface area contributed by atoms with Crippen molar-refractivity contribution in [3.8, 4) is 11.1 Å². The van der Waals surface area contributed by atoms with Gasteiger partial charge in [-0.25, -0.2) is 4.79 Å². The van der Waals surface area contributed by atoms with Crippen molar-refractivity contribution >= 4 is 5.97 Å². The molecule has 1 N–H and O–H groups in total. The molecule has 0 bridgehead atoms. The van der Waals surface area contributed by atoms with Gasteiger partial charge in [-0.1, -0.05) is 75.4 Å². The summed E-state index contributed by atoms with van der Waals surface area (Å²) in [4.78, 5) is 13.1. The van der Waals surface area contributed by atoms with Crippen molar-refractivity contribution in [2.24, 2.45) is 10.8 Å². The molecule has 4 heterocycles. The number of aliphatic hydroxyl groups is 1. The fourth-order valence-corrected chi connectivity index (χ4v) is 9.48. The molecule has 79 heavy (non-hydrogen) atoms. The quantitative estimate of drug-likeness (QED) is 0.0552. The molecule has 20 nitrogen and oxygen atoms in total. The zero-order valence-corrected chi connectivity index (χ0v) is 49.1. The number of hydrogen-bond acceptors (Lipinski definition) is 19. The third kappa shape index (κ3) is 24.4. The van der Waals surface area contributed by atoms with Crippen molar-refractivity contribution in [2.45, 2.75) is 175 Å². The van der Waals surface area contributed by atoms with E-state index in [0.717, 1.165) is 24.0 Å². The van der Waals surface area contributed by atoms with Crippen LogP contribution in [0.15, 0.2) is 60.8 Å². The van der Waals surface area contributed by atoms with Crippen LogP contribution >= 0.6 is 0 Å². The van der Waals surface area contributed by atoms with Crippen LogP contribution in [0.25, 0.3) is 11.1 Å². The fraction of sp³-hybridized carbons (Fsp3) is 0.746. The summed E-state index contributed by atoms with van der Waals surface area (Å²) in [7, 11) is 0. The lowest BCUT2D eigenvalue weighted by atomic mass is 9.74. The number of hydrogen-bond donors (Lipinski definition) is 1. The number of aryl methyl sites for hydroxylation is 1. The Bertz CT molecular complexity index is 2170. The average molecular weight is 1120 g/mol. The second kappa shape index (κ2) is 30.7. The van der Waals surface area contributed by atoms with E-state index in [1.54, 1.807) is 0 Å². The van der Waals surface area contributed by atoms with Crippen LogP contribution in [-0.4, -0.2) is 191 Å². The number of benzene rings is 2. The van der Waals surface area contributed by atoms with Crippen LogP contribution in [0.5, 0.6) is 0 Å². The maximum atomic E-state index is 13.1. The van der Waals surface area contributed by atoms with Gasteiger partial charge in [0.1, 0.15) is 48.4 Å². The second-order valence-corrected chi connectivity index (χ2v) is 24.1. The first kappa shape index (κ1) is 64.6. The first-order chi connectivity index (χ1) is 37.4. The molecule has 2 aromatic carbocycles. The van der Waals surface area contributed by atoms with Gasteiger partial charge in [-0.2, -0.15) is 0 Å². The molecule has 446 valence electrons. The Labute approximate surface area is 468 Å². The van der Waals surface area contributed by atoms with E-state index < -0.39 is 41.8 Å². The van der Waals surface area contributed by atoms with Gasteiger partial charge in [0.2, 0.25) is 0 Å². The smallest absolute Gasteiger partial charge is 0.338 e. The molecule has 0 saturated carbocycles. The molecular formula is C59H93N3O17. The maximum absolute atomic E-state index is 13.1. The highest BCUT2D eigenvalue weighted by molar-refractivity contribution is 5.90. The molecule has 3 fully saturated rings. The Kier molecular flexibility index (Phi) is 25.1. The fourth-order valence-electron chi connectivity index (χ4n) is 9.48. The van der Waals surface area contributed by atoms with Crippen LogP contribution in [0.3, 0.4) is 0 Å². The lowest BCUT2D eigenvalue weighted by molar-refractivity contribution is -0.159. The number of aromatic nitrogens is 3. The number of aliphatic hydroxyl groups excluding tert-OH is 1. The molecule has 3 saturated heterocycles. The first-order valence-electron chi connectivity index (χ1n) is 28.0. The van der Waals surface area contributed by atoms with Crippen LogP contribution in [0.2, 0.25) is 0 Å². The predicted molar refractivity (Wildman–Crippen MR) is 292 cm³/mol. The molecule has 0 aliphatic carbocycles. The van der Waals surface area contributed by atoms with E-state index in [4.69, 9.17) is 71.1 Å². The van der Waals surface area contributed by atoms with Crippen molar-refractivity contribution in [1.29, 1.82) is 0 Å². The third-order valence-electron chi connectivity index (χ3n) is 13.1. The number of ether oxygens (including phenoxy) is 15. The monoisotopic (exact) mass is 1120 g/mol. The van der Waals surface area contributed by atoms with E-state index in [1.165, 1.54) is 0 Å². The predicted octanol–water partition coefficient (Wildman–Crippen LogP) is 7.60. The van der Waals surface area contributed by atoms with Gasteiger partial charge in [-0.05, 0) is 102 Å². The largest absolute Gasteiger partial charge is 0.462 e. The van der Waals surface area contributed by atoms with E-state index in [1.807, 2.05) is 121 Å². The highest BCUT2D eigenvalue weighted by Crippen LogP contribution is 2.37. The minimum absolute atomic E-state index is 0.0311. The molecule has 0 amide bonds. The number of rotatable bonds is 37. The lowest BCUT2D eigenvalue weighted by Gasteiger charge is -2.34. The molecule has 0 radical (unpaired) electrons. The number of esters is 1. The van der Waals surface area contributed by atoms with Gasteiger partial charge >= 0.3 is 5.97 Å². The first-order valence-corrected chi connectivity index (χ1v) is 28.0. The van der Waals surface area contributed by atoms with Crippen LogP contribution < -0.4 is 0 Å². The third-order valence-corrected chi connectivity index (χ3v) is 13.1. The van der Waals surface area contributed by atoms with Crippen LogP contribution in [0, 0.1) is 10.8 Å². The van der Waals surface area contributed by atoms with Gasteiger partial charge in [-0.3, -0.25) is 4.68 Å². The van der Waals surface area contributed by atoms with Crippen molar-refractivity contribution in [3.63, 3.8) is 0 Å². The molecule has 20 heteroatoms. The van der Waals surface area contributed by atoms with Gasteiger partial charge in [0.25, 0.3) is 0 Å². The summed E-state index contributed by atoms with van der Waals surface area (Å²) in [6, 6.07) is 17.6. The molecule has 3 aromatic rings. The number of nitrogens with zero attached hydrogens (tertiary/aromatic N) is 3. The Morgan fingerprint density at radius 3 is 1.62 bits per heavy atom. The van der Waals surface area contributed by atoms with Crippen molar-refractivity contribution in [3.05, 3.63) is 72.1 Å². The summed E-state index contributed by atoms with van der Waals surface area (Å²) in [5.41, 5.74) is 2.87. The molecular weight excluding hydrogens is 1020 g/mol. The SMILES string of the molecule is CC(C)OCC(O)COCC(COCC1COC(C)(C)O1)OCC(COC(COCC1COC(C)(C)O1)COCC1COC(C)(C)O1)OCc1cn(CCC(C)(C)CC(C)(C)COC(=O)c2ccc(-c3ccccc3)cc2)nn1. The normalized spacial score (nSPS) is 21.6. The van der Waals surface area contributed by atoms with Gasteiger partial charge in [-0.15, -0.1) is 5.10 Å². The van der Waals surface area contributed by atoms with Gasteiger partial charge in [0.15, 0.2) is 17.4 Å².